The third-order valence-corrected chi connectivity index (χ3v) is 4.60. The Labute approximate surface area is 166 Å². The van der Waals surface area contributed by atoms with E-state index in [0.29, 0.717) is 0 Å². The van der Waals surface area contributed by atoms with Gasteiger partial charge in [-0.05, 0) is 41.1 Å². The molecule has 0 saturated heterocycles. The molecule has 1 aliphatic rings. The largest absolute Gasteiger partial charge is 0.512 e. The van der Waals surface area contributed by atoms with Crippen LogP contribution in [0.5, 0.6) is 0 Å². The van der Waals surface area contributed by atoms with Crippen molar-refractivity contribution in [3.63, 3.8) is 0 Å². The smallest absolute Gasteiger partial charge is 0.316 e. The van der Waals surface area contributed by atoms with Crippen molar-refractivity contribution >= 4 is 33.0 Å². The number of aliphatic hydroxyl groups excluding tert-OH is 1. The minimum absolute atomic E-state index is 0. The van der Waals surface area contributed by atoms with Crippen molar-refractivity contribution in [1.29, 1.82) is 0 Å². The van der Waals surface area contributed by atoms with E-state index in [4.69, 9.17) is 14.9 Å². The van der Waals surface area contributed by atoms with E-state index in [-0.39, 0.29) is 37.1 Å². The van der Waals surface area contributed by atoms with Gasteiger partial charge in [-0.3, -0.25) is 9.78 Å². The van der Waals surface area contributed by atoms with Crippen molar-refractivity contribution in [3.8, 4) is 0 Å². The Bertz CT molecular complexity index is 790. The van der Waals surface area contributed by atoms with E-state index in [1.54, 1.807) is 11.3 Å². The molecule has 3 rings (SSSR count). The average Bonchev–Trinajstić information content (AvgIpc) is 2.93. The molecule has 0 saturated carbocycles. The quantitative estimate of drug-likeness (QED) is 0.261. The van der Waals surface area contributed by atoms with Gasteiger partial charge in [0.1, 0.15) is 0 Å². The number of hydrogen-bond acceptors (Lipinski definition) is 4. The van der Waals surface area contributed by atoms with Crippen LogP contribution in [-0.2, 0) is 20.1 Å². The number of allylic oxidation sites excluding steroid dienone is 2. The molecule has 25 heavy (non-hydrogen) atoms. The molecule has 2 aromatic rings. The number of benzene rings is 1. The molecular formula is C19H24IrN2O2S. The summed E-state index contributed by atoms with van der Waals surface area (Å²) in [4.78, 5) is 17.5. The van der Waals surface area contributed by atoms with Gasteiger partial charge in [-0.1, -0.05) is 13.8 Å². The van der Waals surface area contributed by atoms with Gasteiger partial charge in [0.15, 0.2) is 0 Å². The summed E-state index contributed by atoms with van der Waals surface area (Å²) in [7, 11) is 0. The predicted molar refractivity (Wildman–Crippen MR) is 102 cm³/mol. The summed E-state index contributed by atoms with van der Waals surface area (Å²) in [5.74, 6) is 0.250. The molecule has 6 heteroatoms. The molecule has 4 nitrogen and oxygen atoms in total. The predicted octanol–water partition coefficient (Wildman–Crippen LogP) is 4.72. The molecule has 0 aliphatic carbocycles. The molecule has 0 bridgehead atoms. The van der Waals surface area contributed by atoms with Crippen molar-refractivity contribution in [3.05, 3.63) is 41.1 Å². The number of thiazole rings is 1. The number of aliphatic imine (C=N–C) groups is 1. The van der Waals surface area contributed by atoms with Crippen molar-refractivity contribution < 1.29 is 30.0 Å². The number of nitrogens with zero attached hydrogens (tertiary/aromatic N) is 2. The van der Waals surface area contributed by atoms with Crippen LogP contribution in [0, 0.1) is 11.5 Å². The van der Waals surface area contributed by atoms with E-state index in [1.165, 1.54) is 43.2 Å². The SMILES string of the molecule is CC(=[OH+])/C=C(/C)O.CC1(C)CCCN=C1c1[c-]cc2scnc2c1.[Ir]. The standard InChI is InChI=1S/C14H15N2S.C5H8O2.Ir/c1-14(2)6-3-7-15-13(14)10-4-5-12-11(8-10)16-9-17-12;1-4(6)3-5(2)7;/h5,8-9H,3,6-7H2,1-2H3;3,6H,1-2H3;/q-1;;/p+1/b;4-3-;. The zero-order chi connectivity index (χ0) is 17.7. The van der Waals surface area contributed by atoms with Gasteiger partial charge in [0.25, 0.3) is 0 Å². The molecular weight excluding hydrogens is 513 g/mol. The maximum absolute atomic E-state index is 8.40. The Hall–Kier alpha value is -1.36. The first-order valence-electron chi connectivity index (χ1n) is 7.99. The molecule has 1 aromatic heterocycles. The minimum atomic E-state index is 0. The van der Waals surface area contributed by atoms with Crippen molar-refractivity contribution in [2.75, 3.05) is 6.54 Å². The van der Waals surface area contributed by atoms with Crippen LogP contribution in [0.15, 0.2) is 34.5 Å². The Morgan fingerprint density at radius 3 is 2.68 bits per heavy atom. The summed E-state index contributed by atoms with van der Waals surface area (Å²) in [6.07, 6.45) is 3.67. The Balaban J connectivity index is 0.000000339. The van der Waals surface area contributed by atoms with Crippen LogP contribution in [0.3, 0.4) is 0 Å². The molecule has 0 atom stereocenters. The summed E-state index contributed by atoms with van der Waals surface area (Å²) in [6, 6.07) is 7.52. The first-order valence-corrected chi connectivity index (χ1v) is 8.87. The molecule has 2 N–H and O–H groups in total. The zero-order valence-corrected chi connectivity index (χ0v) is 18.2. The van der Waals surface area contributed by atoms with Gasteiger partial charge in [-0.15, -0.1) is 23.8 Å². The monoisotopic (exact) mass is 537 g/mol. The second-order valence-corrected chi connectivity index (χ2v) is 7.48. The second kappa shape index (κ2) is 9.37. The van der Waals surface area contributed by atoms with Crippen LogP contribution in [0.25, 0.3) is 10.2 Å². The number of aliphatic hydroxyl groups is 1. The van der Waals surface area contributed by atoms with Crippen molar-refractivity contribution in [2.24, 2.45) is 10.4 Å². The fourth-order valence-electron chi connectivity index (χ4n) is 2.73. The zero-order valence-electron chi connectivity index (χ0n) is 15.0. The number of fused-ring (bicyclic) bond motifs is 1. The molecule has 2 heterocycles. The van der Waals surface area contributed by atoms with E-state index in [2.05, 4.69) is 31.0 Å². The number of rotatable bonds is 2. The van der Waals surface area contributed by atoms with Gasteiger partial charge >= 0.3 is 5.78 Å². The fourth-order valence-corrected chi connectivity index (χ4v) is 3.37. The Kier molecular flexibility index (Phi) is 8.12. The molecule has 0 spiro atoms. The molecule has 1 radical (unpaired) electrons. The van der Waals surface area contributed by atoms with Crippen LogP contribution >= 0.6 is 11.3 Å². The van der Waals surface area contributed by atoms with E-state index in [0.717, 1.165) is 17.6 Å². The number of carbonyl (C=O) groups excluding carboxylic acids is 1. The van der Waals surface area contributed by atoms with Crippen LogP contribution in [0.1, 0.15) is 46.1 Å². The van der Waals surface area contributed by atoms with Crippen LogP contribution < -0.4 is 0 Å². The number of aromatic nitrogens is 1. The van der Waals surface area contributed by atoms with Crippen molar-refractivity contribution in [2.45, 2.75) is 40.5 Å². The summed E-state index contributed by atoms with van der Waals surface area (Å²) < 4.78 is 1.20. The van der Waals surface area contributed by atoms with E-state index in [9.17, 15) is 0 Å². The molecule has 1 aromatic carbocycles. The van der Waals surface area contributed by atoms with E-state index >= 15 is 0 Å². The van der Waals surface area contributed by atoms with Gasteiger partial charge in [-0.2, -0.15) is 11.3 Å². The molecule has 137 valence electrons. The summed E-state index contributed by atoms with van der Waals surface area (Å²) in [5, 5.41) is 8.40. The second-order valence-electron chi connectivity index (χ2n) is 6.59. The summed E-state index contributed by atoms with van der Waals surface area (Å²) in [6.45, 7) is 8.48. The maximum atomic E-state index is 8.40. The Morgan fingerprint density at radius 1 is 1.40 bits per heavy atom. The van der Waals surface area contributed by atoms with E-state index in [1.807, 2.05) is 11.6 Å². The Morgan fingerprint density at radius 2 is 2.12 bits per heavy atom. The molecule has 1 aliphatic heterocycles. The van der Waals surface area contributed by atoms with E-state index < -0.39 is 0 Å². The van der Waals surface area contributed by atoms with Gasteiger partial charge in [0.05, 0.1) is 24.3 Å². The van der Waals surface area contributed by atoms with Crippen LogP contribution in [-0.4, -0.2) is 32.9 Å². The molecule has 0 fully saturated rings. The maximum Gasteiger partial charge on any atom is 0.316 e. The summed E-state index contributed by atoms with van der Waals surface area (Å²) in [5.41, 5.74) is 5.42. The minimum Gasteiger partial charge on any atom is -0.512 e. The van der Waals surface area contributed by atoms with Gasteiger partial charge in [0.2, 0.25) is 0 Å². The normalized spacial score (nSPS) is 16.3. The van der Waals surface area contributed by atoms with Crippen LogP contribution in [0.2, 0.25) is 0 Å². The molecule has 0 amide bonds. The first-order chi connectivity index (χ1) is 11.3. The van der Waals surface area contributed by atoms with Gasteiger partial charge in [0, 0.05) is 26.7 Å². The van der Waals surface area contributed by atoms with Gasteiger partial charge in [-0.25, -0.2) is 0 Å². The van der Waals surface area contributed by atoms with Crippen LogP contribution in [0.4, 0.5) is 0 Å². The van der Waals surface area contributed by atoms with Gasteiger partial charge < -0.3 is 10.1 Å². The third-order valence-electron chi connectivity index (χ3n) is 3.81. The summed E-state index contributed by atoms with van der Waals surface area (Å²) >= 11 is 1.66. The topological polar surface area (TPSA) is 66.9 Å². The number of hydrogen-bond donors (Lipinski definition) is 1. The molecule has 0 unspecified atom stereocenters. The van der Waals surface area contributed by atoms with Crippen molar-refractivity contribution in [1.82, 2.24) is 4.98 Å². The number of ketones is 1. The third kappa shape index (κ3) is 6.14. The fraction of sp³-hybridized carbons (Fsp3) is 0.421. The first kappa shape index (κ1) is 21.7. The average molecular weight is 537 g/mol.